The van der Waals surface area contributed by atoms with E-state index in [1.807, 2.05) is 79.7 Å². The van der Waals surface area contributed by atoms with Crippen LogP contribution in [0.25, 0.3) is 17.5 Å². The summed E-state index contributed by atoms with van der Waals surface area (Å²) < 4.78 is 0. The average Bonchev–Trinajstić information content (AvgIpc) is 2.87. The van der Waals surface area contributed by atoms with Gasteiger partial charge in [-0.3, -0.25) is 9.59 Å². The summed E-state index contributed by atoms with van der Waals surface area (Å²) in [5, 5.41) is 12.3. The van der Waals surface area contributed by atoms with Gasteiger partial charge in [-0.1, -0.05) is 72.8 Å². The molecular weight excluding hydrogens is 440 g/mol. The van der Waals surface area contributed by atoms with Gasteiger partial charge < -0.3 is 21.3 Å². The SMILES string of the molecule is CC(=O)NCCNc1nc(-c2ccccc2)nc(NCCNC(=O)C/C=C/c2ccccc2)c1C. The zero-order chi connectivity index (χ0) is 24.9. The van der Waals surface area contributed by atoms with E-state index in [1.54, 1.807) is 0 Å². The van der Waals surface area contributed by atoms with E-state index in [0.29, 0.717) is 50.1 Å². The smallest absolute Gasteiger partial charge is 0.223 e. The first kappa shape index (κ1) is 25.4. The maximum absolute atomic E-state index is 12.1. The number of hydrogen-bond donors (Lipinski definition) is 4. The highest BCUT2D eigenvalue weighted by molar-refractivity contribution is 5.78. The van der Waals surface area contributed by atoms with Crippen molar-refractivity contribution in [1.29, 1.82) is 0 Å². The van der Waals surface area contributed by atoms with E-state index in [1.165, 1.54) is 6.92 Å². The second-order valence-electron chi connectivity index (χ2n) is 7.94. The van der Waals surface area contributed by atoms with Crippen molar-refractivity contribution >= 4 is 29.5 Å². The zero-order valence-corrected chi connectivity index (χ0v) is 20.2. The molecule has 0 aliphatic carbocycles. The van der Waals surface area contributed by atoms with Crippen LogP contribution in [0.15, 0.2) is 66.7 Å². The molecule has 2 amide bonds. The molecule has 8 nitrogen and oxygen atoms in total. The molecule has 0 bridgehead atoms. The van der Waals surface area contributed by atoms with Gasteiger partial charge in [-0.25, -0.2) is 9.97 Å². The summed E-state index contributed by atoms with van der Waals surface area (Å²) >= 11 is 0. The van der Waals surface area contributed by atoms with Gasteiger partial charge in [-0.2, -0.15) is 0 Å². The number of nitrogens with one attached hydrogen (secondary N) is 4. The lowest BCUT2D eigenvalue weighted by Crippen LogP contribution is -2.28. The number of carbonyl (C=O) groups is 2. The van der Waals surface area contributed by atoms with Crippen molar-refractivity contribution in [2.24, 2.45) is 0 Å². The minimum absolute atomic E-state index is 0.0382. The molecule has 0 aliphatic heterocycles. The maximum Gasteiger partial charge on any atom is 0.223 e. The van der Waals surface area contributed by atoms with Crippen LogP contribution in [-0.4, -0.2) is 48.0 Å². The number of nitrogens with zero attached hydrogens (tertiary/aromatic N) is 2. The Morgan fingerprint density at radius 1 is 0.800 bits per heavy atom. The Bertz CT molecular complexity index is 1130. The number of aromatic nitrogens is 2. The van der Waals surface area contributed by atoms with Crippen LogP contribution in [0.3, 0.4) is 0 Å². The fourth-order valence-corrected chi connectivity index (χ4v) is 3.32. The van der Waals surface area contributed by atoms with E-state index in [0.717, 1.165) is 16.7 Å². The molecule has 2 aromatic carbocycles. The minimum atomic E-state index is -0.0730. The fraction of sp³-hybridized carbons (Fsp3) is 0.259. The summed E-state index contributed by atoms with van der Waals surface area (Å²) in [6, 6.07) is 19.6. The van der Waals surface area contributed by atoms with Crippen molar-refractivity contribution in [3.8, 4) is 11.4 Å². The van der Waals surface area contributed by atoms with Crippen LogP contribution in [0.2, 0.25) is 0 Å². The fourth-order valence-electron chi connectivity index (χ4n) is 3.32. The van der Waals surface area contributed by atoms with Gasteiger partial charge in [0.25, 0.3) is 0 Å². The summed E-state index contributed by atoms with van der Waals surface area (Å²) in [5.74, 6) is 1.87. The van der Waals surface area contributed by atoms with Gasteiger partial charge in [0, 0.05) is 50.7 Å². The van der Waals surface area contributed by atoms with E-state index >= 15 is 0 Å². The highest BCUT2D eigenvalue weighted by atomic mass is 16.2. The van der Waals surface area contributed by atoms with Crippen LogP contribution < -0.4 is 21.3 Å². The average molecular weight is 473 g/mol. The molecule has 0 radical (unpaired) electrons. The summed E-state index contributed by atoms with van der Waals surface area (Å²) in [5.41, 5.74) is 2.83. The standard InChI is InChI=1S/C27H32N6O2/c1-20-25(30-18-16-28-21(2)34)32-27(23-13-7-4-8-14-23)33-26(20)31-19-17-29-24(35)15-9-12-22-10-5-3-6-11-22/h3-14H,15-19H2,1-2H3,(H,28,34)(H,29,35)(H2,30,31,32,33)/b12-9+. The molecule has 182 valence electrons. The Balaban J connectivity index is 1.57. The lowest BCUT2D eigenvalue weighted by molar-refractivity contribution is -0.120. The number of benzene rings is 2. The third kappa shape index (κ3) is 8.58. The van der Waals surface area contributed by atoms with Crippen molar-refractivity contribution in [2.75, 3.05) is 36.8 Å². The molecular formula is C27H32N6O2. The molecule has 0 unspecified atom stereocenters. The number of amides is 2. The van der Waals surface area contributed by atoms with E-state index in [-0.39, 0.29) is 11.8 Å². The number of rotatable bonds is 12. The van der Waals surface area contributed by atoms with E-state index in [2.05, 4.69) is 26.3 Å². The topological polar surface area (TPSA) is 108 Å². The van der Waals surface area contributed by atoms with E-state index < -0.39 is 0 Å². The van der Waals surface area contributed by atoms with E-state index in [4.69, 9.17) is 4.98 Å². The Kier molecular flexibility index (Phi) is 9.80. The summed E-state index contributed by atoms with van der Waals surface area (Å²) in [4.78, 5) is 32.7. The third-order valence-electron chi connectivity index (χ3n) is 5.12. The Morgan fingerprint density at radius 3 is 1.97 bits per heavy atom. The van der Waals surface area contributed by atoms with Crippen molar-refractivity contribution in [1.82, 2.24) is 20.6 Å². The molecule has 4 N–H and O–H groups in total. The molecule has 0 spiro atoms. The Hall–Kier alpha value is -4.20. The Morgan fingerprint density at radius 2 is 1.37 bits per heavy atom. The molecule has 1 heterocycles. The van der Waals surface area contributed by atoms with Crippen LogP contribution >= 0.6 is 0 Å². The quantitative estimate of drug-likeness (QED) is 0.300. The lowest BCUT2D eigenvalue weighted by atomic mass is 10.2. The molecule has 3 rings (SSSR count). The normalized spacial score (nSPS) is 10.7. The van der Waals surface area contributed by atoms with Crippen LogP contribution in [0.5, 0.6) is 0 Å². The molecule has 0 atom stereocenters. The zero-order valence-electron chi connectivity index (χ0n) is 20.2. The number of carbonyl (C=O) groups excluding carboxylic acids is 2. The number of anilines is 2. The molecule has 0 fully saturated rings. The Labute approximate surface area is 206 Å². The van der Waals surface area contributed by atoms with E-state index in [9.17, 15) is 9.59 Å². The predicted octanol–water partition coefficient (Wildman–Crippen LogP) is 3.63. The molecule has 35 heavy (non-hydrogen) atoms. The summed E-state index contributed by atoms with van der Waals surface area (Å²) in [6.07, 6.45) is 4.12. The first-order valence-corrected chi connectivity index (χ1v) is 11.7. The van der Waals surface area contributed by atoms with Gasteiger partial charge in [0.2, 0.25) is 11.8 Å². The molecule has 8 heteroatoms. The lowest BCUT2D eigenvalue weighted by Gasteiger charge is -2.16. The molecule has 3 aromatic rings. The van der Waals surface area contributed by atoms with Gasteiger partial charge in [-0.05, 0) is 12.5 Å². The van der Waals surface area contributed by atoms with Crippen LogP contribution in [0.1, 0.15) is 24.5 Å². The first-order valence-electron chi connectivity index (χ1n) is 11.7. The van der Waals surface area contributed by atoms with Gasteiger partial charge in [-0.15, -0.1) is 0 Å². The highest BCUT2D eigenvalue weighted by Gasteiger charge is 2.12. The largest absolute Gasteiger partial charge is 0.368 e. The minimum Gasteiger partial charge on any atom is -0.368 e. The third-order valence-corrected chi connectivity index (χ3v) is 5.12. The van der Waals surface area contributed by atoms with Gasteiger partial charge in [0.15, 0.2) is 5.82 Å². The molecule has 0 saturated carbocycles. The molecule has 0 saturated heterocycles. The maximum atomic E-state index is 12.1. The van der Waals surface area contributed by atoms with Gasteiger partial charge >= 0.3 is 0 Å². The summed E-state index contributed by atoms with van der Waals surface area (Å²) in [7, 11) is 0. The predicted molar refractivity (Wildman–Crippen MR) is 141 cm³/mol. The second kappa shape index (κ2) is 13.5. The van der Waals surface area contributed by atoms with Crippen LogP contribution in [0.4, 0.5) is 11.6 Å². The van der Waals surface area contributed by atoms with Gasteiger partial charge in [0.05, 0.1) is 0 Å². The van der Waals surface area contributed by atoms with Crippen molar-refractivity contribution in [3.63, 3.8) is 0 Å². The van der Waals surface area contributed by atoms with Crippen LogP contribution in [0, 0.1) is 6.92 Å². The monoisotopic (exact) mass is 472 g/mol. The molecule has 1 aromatic heterocycles. The highest BCUT2D eigenvalue weighted by Crippen LogP contribution is 2.24. The first-order chi connectivity index (χ1) is 17.0. The van der Waals surface area contributed by atoms with Crippen molar-refractivity contribution in [2.45, 2.75) is 20.3 Å². The van der Waals surface area contributed by atoms with Gasteiger partial charge in [0.1, 0.15) is 11.6 Å². The van der Waals surface area contributed by atoms with Crippen molar-refractivity contribution in [3.05, 3.63) is 77.9 Å². The number of hydrogen-bond acceptors (Lipinski definition) is 6. The van der Waals surface area contributed by atoms with Crippen molar-refractivity contribution < 1.29 is 9.59 Å². The molecule has 0 aliphatic rings. The summed E-state index contributed by atoms with van der Waals surface area (Å²) in [6.45, 7) is 5.44. The van der Waals surface area contributed by atoms with Crippen LogP contribution in [-0.2, 0) is 9.59 Å². The second-order valence-corrected chi connectivity index (χ2v) is 7.94.